The molecule has 0 amide bonds. The van der Waals surface area contributed by atoms with Crippen LogP contribution >= 0.6 is 27.5 Å². The third-order valence-electron chi connectivity index (χ3n) is 1.93. The Morgan fingerprint density at radius 3 is 2.94 bits per heavy atom. The highest BCUT2D eigenvalue weighted by molar-refractivity contribution is 9.10. The highest BCUT2D eigenvalue weighted by Crippen LogP contribution is 2.16. The summed E-state index contributed by atoms with van der Waals surface area (Å²) in [5.41, 5.74) is 0.191. The molecular weight excluding hydrogens is 310 g/mol. The number of aromatic nitrogens is 2. The van der Waals surface area contributed by atoms with Gasteiger partial charge in [-0.15, -0.1) is 0 Å². The van der Waals surface area contributed by atoms with Gasteiger partial charge < -0.3 is 4.74 Å². The molecule has 3 nitrogen and oxygen atoms in total. The second kappa shape index (κ2) is 5.42. The molecule has 2 aromatic heterocycles. The maximum absolute atomic E-state index is 13.4. The van der Waals surface area contributed by atoms with Gasteiger partial charge in [0.2, 0.25) is 5.88 Å². The molecule has 0 radical (unpaired) electrons. The van der Waals surface area contributed by atoms with Crippen LogP contribution in [0.2, 0.25) is 5.02 Å². The van der Waals surface area contributed by atoms with Gasteiger partial charge in [-0.3, -0.25) is 4.98 Å². The second-order valence-electron chi connectivity index (χ2n) is 3.17. The molecule has 6 heteroatoms. The molecular formula is C11H7BrClFN2O. The van der Waals surface area contributed by atoms with Crippen LogP contribution in [0.3, 0.4) is 0 Å². The van der Waals surface area contributed by atoms with E-state index in [0.29, 0.717) is 10.5 Å². The van der Waals surface area contributed by atoms with Crippen molar-refractivity contribution in [2.24, 2.45) is 0 Å². The van der Waals surface area contributed by atoms with E-state index in [2.05, 4.69) is 25.9 Å². The molecule has 0 spiro atoms. The number of ether oxygens (including phenoxy) is 1. The van der Waals surface area contributed by atoms with Crippen molar-refractivity contribution in [2.45, 2.75) is 6.61 Å². The molecule has 0 N–H and O–H groups in total. The van der Waals surface area contributed by atoms with Crippen LogP contribution in [0, 0.1) is 5.82 Å². The first-order chi connectivity index (χ1) is 8.15. The summed E-state index contributed by atoms with van der Waals surface area (Å²) in [7, 11) is 0. The Balaban J connectivity index is 2.07. The molecule has 2 heterocycles. The molecule has 2 rings (SSSR count). The quantitative estimate of drug-likeness (QED) is 0.811. The molecule has 17 heavy (non-hydrogen) atoms. The molecule has 88 valence electrons. The Morgan fingerprint density at radius 2 is 2.24 bits per heavy atom. The minimum atomic E-state index is -0.493. The molecule has 0 aliphatic rings. The lowest BCUT2D eigenvalue weighted by molar-refractivity contribution is 0.282. The normalized spacial score (nSPS) is 10.3. The third kappa shape index (κ3) is 3.38. The van der Waals surface area contributed by atoms with Gasteiger partial charge in [-0.2, -0.15) is 0 Å². The van der Waals surface area contributed by atoms with Gasteiger partial charge in [-0.05, 0) is 28.1 Å². The average Bonchev–Trinajstić information content (AvgIpc) is 2.28. The lowest BCUT2D eigenvalue weighted by Gasteiger charge is -2.05. The predicted octanol–water partition coefficient (Wildman–Crippen LogP) is 3.61. The van der Waals surface area contributed by atoms with Crippen molar-refractivity contribution in [2.75, 3.05) is 0 Å². The van der Waals surface area contributed by atoms with Crippen LogP contribution in [0.5, 0.6) is 5.88 Å². The van der Waals surface area contributed by atoms with Crippen molar-refractivity contribution in [3.63, 3.8) is 0 Å². The molecule has 0 unspecified atom stereocenters. The zero-order chi connectivity index (χ0) is 12.3. The molecule has 0 fully saturated rings. The third-order valence-corrected chi connectivity index (χ3v) is 2.58. The Labute approximate surface area is 111 Å². The summed E-state index contributed by atoms with van der Waals surface area (Å²) < 4.78 is 19.3. The summed E-state index contributed by atoms with van der Waals surface area (Å²) in [6.07, 6.45) is 1.37. The number of nitrogens with zero attached hydrogens (tertiary/aromatic N) is 2. The van der Waals surface area contributed by atoms with Gasteiger partial charge in [-0.1, -0.05) is 17.7 Å². The van der Waals surface area contributed by atoms with Crippen molar-refractivity contribution >= 4 is 27.5 Å². The first kappa shape index (κ1) is 12.3. The Bertz CT molecular complexity index is 539. The van der Waals surface area contributed by atoms with E-state index in [0.717, 1.165) is 0 Å². The summed E-state index contributed by atoms with van der Waals surface area (Å²) in [4.78, 5) is 7.90. The fourth-order valence-electron chi connectivity index (χ4n) is 1.16. The van der Waals surface area contributed by atoms with Gasteiger partial charge in [0, 0.05) is 12.3 Å². The minimum Gasteiger partial charge on any atom is -0.471 e. The van der Waals surface area contributed by atoms with Crippen molar-refractivity contribution in [3.8, 4) is 5.88 Å². The molecule has 0 bridgehead atoms. The average molecular weight is 318 g/mol. The first-order valence-electron chi connectivity index (χ1n) is 4.70. The van der Waals surface area contributed by atoms with Crippen LogP contribution < -0.4 is 4.74 Å². The highest BCUT2D eigenvalue weighted by atomic mass is 79.9. The Morgan fingerprint density at radius 1 is 1.41 bits per heavy atom. The number of rotatable bonds is 3. The highest BCUT2D eigenvalue weighted by Gasteiger charge is 2.06. The van der Waals surface area contributed by atoms with Gasteiger partial charge in [0.25, 0.3) is 0 Å². The molecule has 0 saturated heterocycles. The molecule has 0 aliphatic heterocycles. The van der Waals surface area contributed by atoms with Gasteiger partial charge in [0.05, 0.1) is 5.02 Å². The summed E-state index contributed by atoms with van der Waals surface area (Å²) >= 11 is 8.81. The van der Waals surface area contributed by atoms with Crippen LogP contribution in [-0.2, 0) is 6.61 Å². The van der Waals surface area contributed by atoms with E-state index >= 15 is 0 Å². The molecule has 0 aromatic carbocycles. The fraction of sp³-hybridized carbons (Fsp3) is 0.0909. The van der Waals surface area contributed by atoms with E-state index in [4.69, 9.17) is 16.3 Å². The van der Waals surface area contributed by atoms with Crippen LogP contribution in [0.15, 0.2) is 35.1 Å². The smallest absolute Gasteiger partial charge is 0.214 e. The monoisotopic (exact) mass is 316 g/mol. The second-order valence-corrected chi connectivity index (χ2v) is 4.42. The zero-order valence-corrected chi connectivity index (χ0v) is 10.9. The van der Waals surface area contributed by atoms with Gasteiger partial charge in [-0.25, -0.2) is 9.37 Å². The number of hydrogen-bond donors (Lipinski definition) is 0. The van der Waals surface area contributed by atoms with Crippen LogP contribution in [0.25, 0.3) is 0 Å². The van der Waals surface area contributed by atoms with Crippen LogP contribution in [-0.4, -0.2) is 9.97 Å². The van der Waals surface area contributed by atoms with Crippen molar-refractivity contribution in [1.82, 2.24) is 9.97 Å². The van der Waals surface area contributed by atoms with E-state index in [1.54, 1.807) is 18.2 Å². The number of pyridine rings is 2. The largest absolute Gasteiger partial charge is 0.471 e. The van der Waals surface area contributed by atoms with E-state index in [-0.39, 0.29) is 17.3 Å². The molecule has 2 aromatic rings. The fourth-order valence-corrected chi connectivity index (χ4v) is 1.63. The van der Waals surface area contributed by atoms with E-state index in [9.17, 15) is 4.39 Å². The number of halogens is 3. The van der Waals surface area contributed by atoms with Gasteiger partial charge >= 0.3 is 0 Å². The topological polar surface area (TPSA) is 35.0 Å². The van der Waals surface area contributed by atoms with E-state index < -0.39 is 5.82 Å². The maximum Gasteiger partial charge on any atom is 0.214 e. The van der Waals surface area contributed by atoms with Gasteiger partial charge in [0.1, 0.15) is 22.7 Å². The lowest BCUT2D eigenvalue weighted by atomic mass is 10.3. The van der Waals surface area contributed by atoms with Gasteiger partial charge in [0.15, 0.2) is 0 Å². The summed E-state index contributed by atoms with van der Waals surface area (Å²) in [6, 6.07) is 6.42. The SMILES string of the molecule is Fc1cc(Cl)cnc1COc1cccc(Br)n1. The van der Waals surface area contributed by atoms with Crippen molar-refractivity contribution in [3.05, 3.63) is 51.6 Å². The lowest BCUT2D eigenvalue weighted by Crippen LogP contribution is -2.02. The molecule has 0 aliphatic carbocycles. The van der Waals surface area contributed by atoms with E-state index in [1.165, 1.54) is 12.3 Å². The van der Waals surface area contributed by atoms with Crippen LogP contribution in [0.4, 0.5) is 4.39 Å². The van der Waals surface area contributed by atoms with Crippen LogP contribution in [0.1, 0.15) is 5.69 Å². The minimum absolute atomic E-state index is 0.00640. The summed E-state index contributed by atoms with van der Waals surface area (Å²) in [6.45, 7) is 0.00640. The summed E-state index contributed by atoms with van der Waals surface area (Å²) in [5.74, 6) is -0.0944. The molecule has 0 atom stereocenters. The zero-order valence-electron chi connectivity index (χ0n) is 8.53. The van der Waals surface area contributed by atoms with Crippen molar-refractivity contribution in [1.29, 1.82) is 0 Å². The standard InChI is InChI=1S/C11H7BrClFN2O/c12-10-2-1-3-11(16-10)17-6-9-8(14)4-7(13)5-15-9/h1-5H,6H2. The maximum atomic E-state index is 13.4. The Kier molecular flexibility index (Phi) is 3.91. The first-order valence-corrected chi connectivity index (χ1v) is 5.87. The summed E-state index contributed by atoms with van der Waals surface area (Å²) in [5, 5.41) is 0.256. The number of hydrogen-bond acceptors (Lipinski definition) is 3. The molecule has 0 saturated carbocycles. The Hall–Kier alpha value is -1.20. The van der Waals surface area contributed by atoms with Crippen molar-refractivity contribution < 1.29 is 9.13 Å². The van der Waals surface area contributed by atoms with E-state index in [1.807, 2.05) is 0 Å². The predicted molar refractivity (Wildman–Crippen MR) is 65.5 cm³/mol.